The zero-order chi connectivity index (χ0) is 20.8. The molecule has 0 aliphatic carbocycles. The Morgan fingerprint density at radius 1 is 1.14 bits per heavy atom. The maximum atomic E-state index is 12.4. The van der Waals surface area contributed by atoms with Crippen LogP contribution in [0.25, 0.3) is 11.1 Å². The maximum absolute atomic E-state index is 12.4. The van der Waals surface area contributed by atoms with Crippen molar-refractivity contribution in [2.24, 2.45) is 0 Å². The van der Waals surface area contributed by atoms with Gasteiger partial charge in [0.25, 0.3) is 0 Å². The zero-order valence-corrected chi connectivity index (χ0v) is 17.4. The van der Waals surface area contributed by atoms with Crippen LogP contribution >= 0.6 is 15.9 Å². The number of hydrogen-bond donors (Lipinski definition) is 0. The second kappa shape index (κ2) is 9.56. The third-order valence-corrected chi connectivity index (χ3v) is 4.87. The number of hydrogen-bond acceptors (Lipinski definition) is 6. The van der Waals surface area contributed by atoms with Crippen molar-refractivity contribution in [1.29, 1.82) is 0 Å². The van der Waals surface area contributed by atoms with Crippen LogP contribution in [0.1, 0.15) is 29.6 Å². The van der Waals surface area contributed by atoms with E-state index in [-0.39, 0.29) is 25.2 Å². The number of oxazole rings is 1. The monoisotopic (exact) mass is 461 g/mol. The maximum Gasteiger partial charge on any atom is 0.419 e. The fourth-order valence-electron chi connectivity index (χ4n) is 2.95. The standard InChI is InChI=1S/C21H20BrNO6/c1-27-18-9-7-14(22)13-15(18)17(24)8-10-20(25)28-12-4-11-23-16-5-2-3-6-19(16)29-21(23)26/h2-3,5-7,9,13H,4,8,10-12H2,1H3. The summed E-state index contributed by atoms with van der Waals surface area (Å²) in [6, 6.07) is 12.3. The minimum absolute atomic E-state index is 0.0247. The predicted molar refractivity (Wildman–Crippen MR) is 110 cm³/mol. The second-order valence-electron chi connectivity index (χ2n) is 6.33. The summed E-state index contributed by atoms with van der Waals surface area (Å²) in [4.78, 5) is 36.2. The van der Waals surface area contributed by atoms with Crippen LogP contribution in [0.3, 0.4) is 0 Å². The molecule has 7 nitrogen and oxygen atoms in total. The van der Waals surface area contributed by atoms with Gasteiger partial charge in [-0.15, -0.1) is 0 Å². The van der Waals surface area contributed by atoms with Crippen LogP contribution in [-0.4, -0.2) is 30.0 Å². The van der Waals surface area contributed by atoms with Crippen LogP contribution in [0.15, 0.2) is 56.1 Å². The molecule has 1 aromatic heterocycles. The number of ether oxygens (including phenoxy) is 2. The molecule has 0 N–H and O–H groups in total. The van der Waals surface area contributed by atoms with Crippen molar-refractivity contribution < 1.29 is 23.5 Å². The van der Waals surface area contributed by atoms with E-state index >= 15 is 0 Å². The van der Waals surface area contributed by atoms with Crippen molar-refractivity contribution in [2.45, 2.75) is 25.8 Å². The summed E-state index contributed by atoms with van der Waals surface area (Å²) in [6.45, 7) is 0.524. The van der Waals surface area contributed by atoms with Crippen LogP contribution in [0.5, 0.6) is 5.75 Å². The molecule has 0 radical (unpaired) electrons. The van der Waals surface area contributed by atoms with Crippen molar-refractivity contribution in [3.63, 3.8) is 0 Å². The molecule has 0 aliphatic heterocycles. The average molecular weight is 462 g/mol. The van der Waals surface area contributed by atoms with Gasteiger partial charge < -0.3 is 13.9 Å². The first-order chi connectivity index (χ1) is 14.0. The van der Waals surface area contributed by atoms with E-state index in [0.29, 0.717) is 35.4 Å². The third-order valence-electron chi connectivity index (χ3n) is 4.38. The third kappa shape index (κ3) is 5.14. The highest BCUT2D eigenvalue weighted by Gasteiger charge is 2.15. The van der Waals surface area contributed by atoms with E-state index in [1.54, 1.807) is 36.4 Å². The summed E-state index contributed by atoms with van der Waals surface area (Å²) in [5, 5.41) is 0. The predicted octanol–water partition coefficient (Wildman–Crippen LogP) is 3.96. The normalized spacial score (nSPS) is 10.8. The molecular formula is C21H20BrNO6. The van der Waals surface area contributed by atoms with Crippen LogP contribution in [0.2, 0.25) is 0 Å². The molecule has 3 rings (SSSR count). The fourth-order valence-corrected chi connectivity index (χ4v) is 3.32. The number of halogens is 1. The van der Waals surface area contributed by atoms with Gasteiger partial charge in [-0.2, -0.15) is 0 Å². The van der Waals surface area contributed by atoms with Gasteiger partial charge in [0.05, 0.1) is 31.2 Å². The lowest BCUT2D eigenvalue weighted by Crippen LogP contribution is -2.16. The highest BCUT2D eigenvalue weighted by atomic mass is 79.9. The SMILES string of the molecule is COc1ccc(Br)cc1C(=O)CCC(=O)OCCCn1c(=O)oc2ccccc21. The summed E-state index contributed by atoms with van der Waals surface area (Å²) in [6.07, 6.45) is 0.461. The number of ketones is 1. The number of nitrogens with zero attached hydrogens (tertiary/aromatic N) is 1. The number of benzene rings is 2. The van der Waals surface area contributed by atoms with E-state index in [4.69, 9.17) is 13.9 Å². The van der Waals surface area contributed by atoms with Crippen molar-refractivity contribution >= 4 is 38.8 Å². The topological polar surface area (TPSA) is 87.7 Å². The molecule has 152 valence electrons. The van der Waals surface area contributed by atoms with Gasteiger partial charge in [-0.1, -0.05) is 28.1 Å². The molecule has 2 aromatic carbocycles. The highest BCUT2D eigenvalue weighted by molar-refractivity contribution is 9.10. The number of esters is 1. The minimum atomic E-state index is -0.461. The first kappa shape index (κ1) is 20.9. The molecular weight excluding hydrogens is 442 g/mol. The Morgan fingerprint density at radius 3 is 2.72 bits per heavy atom. The Labute approximate surface area is 175 Å². The fraction of sp³-hybridized carbons (Fsp3) is 0.286. The van der Waals surface area contributed by atoms with Crippen LogP contribution in [0.4, 0.5) is 0 Å². The van der Waals surface area contributed by atoms with E-state index in [2.05, 4.69) is 15.9 Å². The van der Waals surface area contributed by atoms with Gasteiger partial charge in [0.1, 0.15) is 5.75 Å². The smallest absolute Gasteiger partial charge is 0.419 e. The number of Topliss-reactive ketones (excluding diaryl/α,β-unsaturated/α-hetero) is 1. The summed E-state index contributed by atoms with van der Waals surface area (Å²) >= 11 is 3.32. The molecule has 29 heavy (non-hydrogen) atoms. The molecule has 8 heteroatoms. The number of para-hydroxylation sites is 2. The molecule has 0 fully saturated rings. The Hall–Kier alpha value is -2.87. The van der Waals surface area contributed by atoms with E-state index in [9.17, 15) is 14.4 Å². The minimum Gasteiger partial charge on any atom is -0.496 e. The van der Waals surface area contributed by atoms with Crippen molar-refractivity contribution in [3.8, 4) is 5.75 Å². The lowest BCUT2D eigenvalue weighted by Gasteiger charge is -2.08. The molecule has 0 atom stereocenters. The van der Waals surface area contributed by atoms with Crippen LogP contribution in [-0.2, 0) is 16.1 Å². The molecule has 0 aliphatic rings. The highest BCUT2D eigenvalue weighted by Crippen LogP contribution is 2.24. The first-order valence-corrected chi connectivity index (χ1v) is 9.89. The van der Waals surface area contributed by atoms with Gasteiger partial charge in [0.2, 0.25) is 0 Å². The molecule has 0 spiro atoms. The number of aromatic nitrogens is 1. The van der Waals surface area contributed by atoms with Gasteiger partial charge in [-0.05, 0) is 36.8 Å². The van der Waals surface area contributed by atoms with E-state index in [0.717, 1.165) is 4.47 Å². The number of aryl methyl sites for hydroxylation is 1. The molecule has 3 aromatic rings. The van der Waals surface area contributed by atoms with E-state index < -0.39 is 11.7 Å². The summed E-state index contributed by atoms with van der Waals surface area (Å²) in [5.41, 5.74) is 1.65. The molecule has 0 bridgehead atoms. The quantitative estimate of drug-likeness (QED) is 0.272. The Bertz CT molecular complexity index is 1080. The summed E-state index contributed by atoms with van der Waals surface area (Å²) in [7, 11) is 1.49. The van der Waals surface area contributed by atoms with Gasteiger partial charge >= 0.3 is 11.7 Å². The van der Waals surface area contributed by atoms with Crippen molar-refractivity contribution in [2.75, 3.05) is 13.7 Å². The summed E-state index contributed by atoms with van der Waals surface area (Å²) < 4.78 is 17.8. The molecule has 0 amide bonds. The van der Waals surface area contributed by atoms with Crippen LogP contribution in [0, 0.1) is 0 Å². The van der Waals surface area contributed by atoms with Gasteiger partial charge in [-0.25, -0.2) is 4.79 Å². The Morgan fingerprint density at radius 2 is 1.93 bits per heavy atom. The van der Waals surface area contributed by atoms with Crippen LogP contribution < -0.4 is 10.5 Å². The van der Waals surface area contributed by atoms with E-state index in [1.165, 1.54) is 11.7 Å². The first-order valence-electron chi connectivity index (χ1n) is 9.10. The van der Waals surface area contributed by atoms with Gasteiger partial charge in [-0.3, -0.25) is 14.2 Å². The zero-order valence-electron chi connectivity index (χ0n) is 15.9. The number of methoxy groups -OCH3 is 1. The number of carbonyl (C=O) groups excluding carboxylic acids is 2. The van der Waals surface area contributed by atoms with E-state index in [1.807, 2.05) is 6.07 Å². The van der Waals surface area contributed by atoms with Crippen molar-refractivity contribution in [3.05, 3.63) is 63.1 Å². The number of carbonyl (C=O) groups is 2. The molecule has 0 saturated heterocycles. The molecule has 1 heterocycles. The number of fused-ring (bicyclic) bond motifs is 1. The molecule has 0 saturated carbocycles. The Kier molecular flexibility index (Phi) is 6.87. The van der Waals surface area contributed by atoms with Gasteiger partial charge in [0, 0.05) is 17.4 Å². The molecule has 0 unspecified atom stereocenters. The van der Waals surface area contributed by atoms with Crippen molar-refractivity contribution in [1.82, 2.24) is 4.57 Å². The Balaban J connectivity index is 1.46. The second-order valence-corrected chi connectivity index (χ2v) is 7.24. The average Bonchev–Trinajstić information content (AvgIpc) is 3.04. The lowest BCUT2D eigenvalue weighted by atomic mass is 10.1. The number of rotatable bonds is 9. The summed E-state index contributed by atoms with van der Waals surface area (Å²) in [5.74, 6) is -0.635. The largest absolute Gasteiger partial charge is 0.496 e. The lowest BCUT2D eigenvalue weighted by molar-refractivity contribution is -0.143. The van der Waals surface area contributed by atoms with Gasteiger partial charge in [0.15, 0.2) is 11.4 Å².